The lowest BCUT2D eigenvalue weighted by Crippen LogP contribution is -2.48. The SMILES string of the molecule is COc1ccc(CN2CSC(=S)N(C3CCCC3)C2)cc1. The highest BCUT2D eigenvalue weighted by Crippen LogP contribution is 2.30. The normalized spacial score (nSPS) is 21.0. The summed E-state index contributed by atoms with van der Waals surface area (Å²) < 4.78 is 6.31. The van der Waals surface area contributed by atoms with E-state index in [1.165, 1.54) is 31.2 Å². The highest BCUT2D eigenvalue weighted by Gasteiger charge is 2.29. The Morgan fingerprint density at radius 3 is 2.62 bits per heavy atom. The van der Waals surface area contributed by atoms with Crippen molar-refractivity contribution in [1.29, 1.82) is 0 Å². The molecule has 1 aliphatic carbocycles. The van der Waals surface area contributed by atoms with E-state index < -0.39 is 0 Å². The molecule has 0 N–H and O–H groups in total. The van der Waals surface area contributed by atoms with Crippen molar-refractivity contribution in [1.82, 2.24) is 9.80 Å². The smallest absolute Gasteiger partial charge is 0.138 e. The van der Waals surface area contributed by atoms with Crippen molar-refractivity contribution in [2.24, 2.45) is 0 Å². The summed E-state index contributed by atoms with van der Waals surface area (Å²) in [6.45, 7) is 1.95. The zero-order valence-corrected chi connectivity index (χ0v) is 14.1. The van der Waals surface area contributed by atoms with E-state index in [4.69, 9.17) is 17.0 Å². The predicted molar refractivity (Wildman–Crippen MR) is 92.6 cm³/mol. The van der Waals surface area contributed by atoms with E-state index >= 15 is 0 Å². The minimum Gasteiger partial charge on any atom is -0.497 e. The van der Waals surface area contributed by atoms with Gasteiger partial charge in [0.05, 0.1) is 19.7 Å². The van der Waals surface area contributed by atoms with Crippen molar-refractivity contribution in [3.8, 4) is 5.75 Å². The lowest BCUT2D eigenvalue weighted by molar-refractivity contribution is 0.170. The minimum absolute atomic E-state index is 0.670. The van der Waals surface area contributed by atoms with E-state index in [2.05, 4.69) is 21.9 Å². The van der Waals surface area contributed by atoms with Crippen molar-refractivity contribution in [2.45, 2.75) is 38.3 Å². The quantitative estimate of drug-likeness (QED) is 0.783. The molecule has 1 aliphatic heterocycles. The zero-order chi connectivity index (χ0) is 14.7. The number of hydrogen-bond acceptors (Lipinski definition) is 4. The first-order chi connectivity index (χ1) is 10.3. The van der Waals surface area contributed by atoms with E-state index in [9.17, 15) is 0 Å². The number of methoxy groups -OCH3 is 1. The summed E-state index contributed by atoms with van der Waals surface area (Å²) in [6, 6.07) is 9.04. The van der Waals surface area contributed by atoms with Crippen LogP contribution in [-0.4, -0.2) is 39.8 Å². The number of rotatable bonds is 4. The standard InChI is InChI=1S/C16H22N2OS2/c1-19-15-8-6-13(7-9-15)10-17-11-18(16(20)21-12-17)14-4-2-3-5-14/h6-9,14H,2-5,10-12H2,1H3. The molecule has 0 unspecified atom stereocenters. The average Bonchev–Trinajstić information content (AvgIpc) is 3.04. The van der Waals surface area contributed by atoms with Gasteiger partial charge in [-0.05, 0) is 30.5 Å². The van der Waals surface area contributed by atoms with Gasteiger partial charge >= 0.3 is 0 Å². The maximum atomic E-state index is 5.56. The van der Waals surface area contributed by atoms with E-state index in [1.54, 1.807) is 18.9 Å². The Labute approximate surface area is 136 Å². The number of benzene rings is 1. The lowest BCUT2D eigenvalue weighted by Gasteiger charge is -2.40. The van der Waals surface area contributed by atoms with Gasteiger partial charge in [0.25, 0.3) is 0 Å². The summed E-state index contributed by atoms with van der Waals surface area (Å²) >= 11 is 7.37. The van der Waals surface area contributed by atoms with Crippen molar-refractivity contribution < 1.29 is 4.74 Å². The largest absolute Gasteiger partial charge is 0.497 e. The van der Waals surface area contributed by atoms with Crippen LogP contribution in [0.2, 0.25) is 0 Å². The Kier molecular flexibility index (Phi) is 5.03. The third-order valence-electron chi connectivity index (χ3n) is 4.29. The predicted octanol–water partition coefficient (Wildman–Crippen LogP) is 3.69. The molecule has 0 atom stereocenters. The maximum Gasteiger partial charge on any atom is 0.138 e. The Bertz CT molecular complexity index is 486. The molecular weight excluding hydrogens is 300 g/mol. The summed E-state index contributed by atoms with van der Waals surface area (Å²) in [6.07, 6.45) is 5.31. The molecule has 0 spiro atoms. The van der Waals surface area contributed by atoms with Crippen LogP contribution >= 0.6 is 24.0 Å². The molecule has 1 aromatic carbocycles. The molecule has 21 heavy (non-hydrogen) atoms. The number of hydrogen-bond donors (Lipinski definition) is 0. The molecule has 2 fully saturated rings. The van der Waals surface area contributed by atoms with Crippen molar-refractivity contribution in [3.05, 3.63) is 29.8 Å². The molecule has 0 amide bonds. The molecule has 1 saturated heterocycles. The van der Waals surface area contributed by atoms with Crippen molar-refractivity contribution in [3.63, 3.8) is 0 Å². The van der Waals surface area contributed by atoms with Crippen LogP contribution in [-0.2, 0) is 6.54 Å². The van der Waals surface area contributed by atoms with Crippen LogP contribution in [0.1, 0.15) is 31.2 Å². The Balaban J connectivity index is 1.61. The van der Waals surface area contributed by atoms with Crippen LogP contribution in [0.5, 0.6) is 5.75 Å². The van der Waals surface area contributed by atoms with Crippen molar-refractivity contribution in [2.75, 3.05) is 19.7 Å². The summed E-state index contributed by atoms with van der Waals surface area (Å²) in [4.78, 5) is 4.92. The van der Waals surface area contributed by atoms with Gasteiger partial charge in [0.15, 0.2) is 0 Å². The highest BCUT2D eigenvalue weighted by molar-refractivity contribution is 8.22. The first-order valence-electron chi connectivity index (χ1n) is 7.55. The highest BCUT2D eigenvalue weighted by atomic mass is 32.2. The molecule has 114 valence electrons. The number of thiocarbonyl (C=S) groups is 1. The second-order valence-corrected chi connectivity index (χ2v) is 7.34. The van der Waals surface area contributed by atoms with Gasteiger partial charge in [0, 0.05) is 12.6 Å². The third-order valence-corrected chi connectivity index (χ3v) is 5.85. The third kappa shape index (κ3) is 3.71. The van der Waals surface area contributed by atoms with Gasteiger partial charge in [-0.2, -0.15) is 0 Å². The van der Waals surface area contributed by atoms with Crippen LogP contribution in [0.15, 0.2) is 24.3 Å². The van der Waals surface area contributed by atoms with Crippen molar-refractivity contribution >= 4 is 28.3 Å². The Morgan fingerprint density at radius 1 is 1.24 bits per heavy atom. The van der Waals surface area contributed by atoms with Gasteiger partial charge in [-0.1, -0.05) is 49.0 Å². The van der Waals surface area contributed by atoms with Crippen LogP contribution in [0.25, 0.3) is 0 Å². The van der Waals surface area contributed by atoms with E-state index in [-0.39, 0.29) is 0 Å². The molecule has 5 heteroatoms. The van der Waals surface area contributed by atoms with E-state index in [0.717, 1.165) is 29.2 Å². The number of nitrogens with zero attached hydrogens (tertiary/aromatic N) is 2. The molecule has 1 saturated carbocycles. The summed E-state index contributed by atoms with van der Waals surface area (Å²) in [5, 5.41) is 0. The molecule has 0 radical (unpaired) electrons. The van der Waals surface area contributed by atoms with Gasteiger partial charge < -0.3 is 9.64 Å². The van der Waals surface area contributed by atoms with E-state index in [1.807, 2.05) is 12.1 Å². The van der Waals surface area contributed by atoms with Crippen LogP contribution in [0, 0.1) is 0 Å². The molecule has 0 bridgehead atoms. The number of thioether (sulfide) groups is 1. The Hall–Kier alpha value is -0.780. The monoisotopic (exact) mass is 322 g/mol. The molecule has 3 nitrogen and oxygen atoms in total. The fourth-order valence-electron chi connectivity index (χ4n) is 3.11. The van der Waals surface area contributed by atoms with Gasteiger partial charge in [0.1, 0.15) is 10.1 Å². The number of ether oxygens (including phenoxy) is 1. The van der Waals surface area contributed by atoms with Gasteiger partial charge in [0.2, 0.25) is 0 Å². The summed E-state index contributed by atoms with van der Waals surface area (Å²) in [7, 11) is 1.71. The fourth-order valence-corrected chi connectivity index (χ4v) is 4.31. The van der Waals surface area contributed by atoms with Crippen LogP contribution in [0.3, 0.4) is 0 Å². The first kappa shape index (κ1) is 15.1. The summed E-state index contributed by atoms with van der Waals surface area (Å²) in [5.41, 5.74) is 1.33. The molecule has 1 heterocycles. The average molecular weight is 322 g/mol. The maximum absolute atomic E-state index is 5.56. The molecule has 1 aromatic rings. The zero-order valence-electron chi connectivity index (χ0n) is 12.5. The molecule has 2 aliphatic rings. The Morgan fingerprint density at radius 2 is 1.95 bits per heavy atom. The summed E-state index contributed by atoms with van der Waals surface area (Å²) in [5.74, 6) is 1.91. The molecule has 3 rings (SSSR count). The second kappa shape index (κ2) is 6.99. The van der Waals surface area contributed by atoms with E-state index in [0.29, 0.717) is 6.04 Å². The fraction of sp³-hybridized carbons (Fsp3) is 0.562. The van der Waals surface area contributed by atoms with Crippen LogP contribution in [0.4, 0.5) is 0 Å². The lowest BCUT2D eigenvalue weighted by atomic mass is 10.2. The molecular formula is C16H22N2OS2. The first-order valence-corrected chi connectivity index (χ1v) is 8.94. The van der Waals surface area contributed by atoms with Gasteiger partial charge in [-0.3, -0.25) is 4.90 Å². The minimum atomic E-state index is 0.670. The van der Waals surface area contributed by atoms with Crippen LogP contribution < -0.4 is 4.74 Å². The van der Waals surface area contributed by atoms with Gasteiger partial charge in [-0.25, -0.2) is 0 Å². The van der Waals surface area contributed by atoms with Gasteiger partial charge in [-0.15, -0.1) is 0 Å². The molecule has 0 aromatic heterocycles. The second-order valence-electron chi connectivity index (χ2n) is 5.77. The topological polar surface area (TPSA) is 15.7 Å².